The van der Waals surface area contributed by atoms with Gasteiger partial charge in [0.1, 0.15) is 5.52 Å². The van der Waals surface area contributed by atoms with E-state index >= 15 is 0 Å². The van der Waals surface area contributed by atoms with Crippen molar-refractivity contribution < 1.29 is 18.7 Å². The van der Waals surface area contributed by atoms with Crippen LogP contribution in [0.1, 0.15) is 30.1 Å². The predicted molar refractivity (Wildman–Crippen MR) is 108 cm³/mol. The summed E-state index contributed by atoms with van der Waals surface area (Å²) in [6.07, 6.45) is 4.37. The number of carbonyl (C=O) groups is 2. The molecule has 29 heavy (non-hydrogen) atoms. The Labute approximate surface area is 172 Å². The quantitative estimate of drug-likeness (QED) is 0.602. The largest absolute Gasteiger partial charge is 0.466 e. The lowest BCUT2D eigenvalue weighted by atomic mass is 9.96. The van der Waals surface area contributed by atoms with Crippen LogP contribution in [0.2, 0.25) is 5.02 Å². The molecular formula is C21H20ClN3O4. The number of oxazole rings is 1. The zero-order chi connectivity index (χ0) is 20.4. The number of aromatic nitrogens is 2. The molecule has 0 atom stereocenters. The summed E-state index contributed by atoms with van der Waals surface area (Å²) < 4.78 is 10.9. The number of benzene rings is 1. The van der Waals surface area contributed by atoms with E-state index in [0.717, 1.165) is 0 Å². The van der Waals surface area contributed by atoms with E-state index in [1.807, 2.05) is 0 Å². The van der Waals surface area contributed by atoms with Crippen molar-refractivity contribution in [2.45, 2.75) is 19.8 Å². The molecule has 0 N–H and O–H groups in total. The van der Waals surface area contributed by atoms with Gasteiger partial charge < -0.3 is 14.1 Å². The van der Waals surface area contributed by atoms with Gasteiger partial charge in [0.25, 0.3) is 5.91 Å². The minimum absolute atomic E-state index is 0.0827. The molecule has 0 bridgehead atoms. The van der Waals surface area contributed by atoms with Crippen LogP contribution in [0.15, 0.2) is 41.1 Å². The van der Waals surface area contributed by atoms with Crippen LogP contribution < -0.4 is 0 Å². The van der Waals surface area contributed by atoms with Crippen molar-refractivity contribution in [1.82, 2.24) is 14.9 Å². The smallest absolute Gasteiger partial charge is 0.309 e. The van der Waals surface area contributed by atoms with Crippen LogP contribution in [0, 0.1) is 5.92 Å². The molecule has 7 nitrogen and oxygen atoms in total. The molecule has 1 aliphatic rings. The van der Waals surface area contributed by atoms with Gasteiger partial charge >= 0.3 is 5.97 Å². The van der Waals surface area contributed by atoms with E-state index in [9.17, 15) is 9.59 Å². The van der Waals surface area contributed by atoms with Gasteiger partial charge in [0.15, 0.2) is 5.58 Å². The zero-order valence-corrected chi connectivity index (χ0v) is 16.7. The van der Waals surface area contributed by atoms with Gasteiger partial charge in [0.05, 0.1) is 23.1 Å². The molecule has 2 aromatic heterocycles. The van der Waals surface area contributed by atoms with Crippen molar-refractivity contribution in [3.63, 3.8) is 0 Å². The maximum atomic E-state index is 12.9. The van der Waals surface area contributed by atoms with Crippen LogP contribution >= 0.6 is 11.6 Å². The first-order valence-corrected chi connectivity index (χ1v) is 9.91. The first kappa shape index (κ1) is 19.4. The molecule has 3 aromatic rings. The highest BCUT2D eigenvalue weighted by Gasteiger charge is 2.29. The molecule has 4 rings (SSSR count). The average molecular weight is 414 g/mol. The number of amides is 1. The average Bonchev–Trinajstić information content (AvgIpc) is 3.17. The summed E-state index contributed by atoms with van der Waals surface area (Å²) in [5.74, 6) is -0.0106. The number of carbonyl (C=O) groups excluding carboxylic acids is 2. The standard InChI is InChI=1S/C21H20ClN3O4/c1-2-28-21(27)13-6-9-25(10-7-13)20(26)14-3-4-18-17(11-14)24-19(29-18)15-5-8-23-12-16(15)22/h3-5,8,11-13H,2,6-7,9-10H2,1H3. The second kappa shape index (κ2) is 8.21. The van der Waals surface area contributed by atoms with E-state index in [4.69, 9.17) is 20.8 Å². The summed E-state index contributed by atoms with van der Waals surface area (Å²) in [6, 6.07) is 6.91. The summed E-state index contributed by atoms with van der Waals surface area (Å²) in [5.41, 5.74) is 2.34. The van der Waals surface area contributed by atoms with Crippen molar-refractivity contribution in [2.24, 2.45) is 5.92 Å². The Kier molecular flexibility index (Phi) is 5.49. The van der Waals surface area contributed by atoms with Crippen LogP contribution in [0.3, 0.4) is 0 Å². The first-order valence-electron chi connectivity index (χ1n) is 9.53. The Morgan fingerprint density at radius 2 is 2.07 bits per heavy atom. The van der Waals surface area contributed by atoms with Crippen LogP contribution in [0.4, 0.5) is 0 Å². The fourth-order valence-electron chi connectivity index (χ4n) is 3.49. The van der Waals surface area contributed by atoms with E-state index in [2.05, 4.69) is 9.97 Å². The number of hydrogen-bond donors (Lipinski definition) is 0. The van der Waals surface area contributed by atoms with Gasteiger partial charge in [-0.05, 0) is 44.0 Å². The SMILES string of the molecule is CCOC(=O)C1CCN(C(=O)c2ccc3oc(-c4ccncc4Cl)nc3c2)CC1. The molecule has 1 amide bonds. The molecule has 8 heteroatoms. The number of ether oxygens (including phenoxy) is 1. The Hall–Kier alpha value is -2.93. The topological polar surface area (TPSA) is 85.5 Å². The highest BCUT2D eigenvalue weighted by atomic mass is 35.5. The van der Waals surface area contributed by atoms with Gasteiger partial charge in [-0.3, -0.25) is 14.6 Å². The zero-order valence-electron chi connectivity index (χ0n) is 15.9. The first-order chi connectivity index (χ1) is 14.1. The monoisotopic (exact) mass is 413 g/mol. The van der Waals surface area contributed by atoms with E-state index in [0.29, 0.717) is 65.7 Å². The Balaban J connectivity index is 1.50. The van der Waals surface area contributed by atoms with Crippen molar-refractivity contribution >= 4 is 34.6 Å². The van der Waals surface area contributed by atoms with Crippen LogP contribution in [-0.4, -0.2) is 46.4 Å². The summed E-state index contributed by atoms with van der Waals surface area (Å²) in [6.45, 7) is 3.22. The number of piperidine rings is 1. The number of likely N-dealkylation sites (tertiary alicyclic amines) is 1. The van der Waals surface area contributed by atoms with E-state index in [1.165, 1.54) is 6.20 Å². The van der Waals surface area contributed by atoms with Crippen LogP contribution in [0.25, 0.3) is 22.6 Å². The van der Waals surface area contributed by atoms with Crippen LogP contribution in [0.5, 0.6) is 0 Å². The molecule has 0 spiro atoms. The highest BCUT2D eigenvalue weighted by Crippen LogP contribution is 2.30. The normalized spacial score (nSPS) is 14.9. The van der Waals surface area contributed by atoms with Gasteiger partial charge in [-0.25, -0.2) is 4.98 Å². The molecule has 150 valence electrons. The lowest BCUT2D eigenvalue weighted by molar-refractivity contribution is -0.149. The van der Waals surface area contributed by atoms with Gasteiger partial charge in [-0.1, -0.05) is 11.6 Å². The third kappa shape index (κ3) is 3.96. The van der Waals surface area contributed by atoms with Gasteiger partial charge in [-0.2, -0.15) is 0 Å². The van der Waals surface area contributed by atoms with E-state index in [1.54, 1.807) is 42.3 Å². The second-order valence-corrected chi connectivity index (χ2v) is 7.28. The Morgan fingerprint density at radius 1 is 1.28 bits per heavy atom. The third-order valence-electron chi connectivity index (χ3n) is 5.04. The lowest BCUT2D eigenvalue weighted by Crippen LogP contribution is -2.40. The van der Waals surface area contributed by atoms with Crippen molar-refractivity contribution in [2.75, 3.05) is 19.7 Å². The number of pyridine rings is 1. The van der Waals surface area contributed by atoms with Crippen molar-refractivity contribution in [1.29, 1.82) is 0 Å². The van der Waals surface area contributed by atoms with Crippen molar-refractivity contribution in [3.8, 4) is 11.5 Å². The molecule has 0 saturated carbocycles. The number of hydrogen-bond acceptors (Lipinski definition) is 6. The molecule has 0 radical (unpaired) electrons. The highest BCUT2D eigenvalue weighted by molar-refractivity contribution is 6.33. The van der Waals surface area contributed by atoms with Gasteiger partial charge in [-0.15, -0.1) is 0 Å². The molecule has 3 heterocycles. The number of fused-ring (bicyclic) bond motifs is 1. The lowest BCUT2D eigenvalue weighted by Gasteiger charge is -2.30. The molecule has 1 saturated heterocycles. The maximum absolute atomic E-state index is 12.9. The summed E-state index contributed by atoms with van der Waals surface area (Å²) in [4.78, 5) is 35.0. The number of nitrogens with zero attached hydrogens (tertiary/aromatic N) is 3. The predicted octanol–water partition coefficient (Wildman–Crippen LogP) is 3.96. The number of esters is 1. The fourth-order valence-corrected chi connectivity index (χ4v) is 3.69. The fraction of sp³-hybridized carbons (Fsp3) is 0.333. The van der Waals surface area contributed by atoms with E-state index in [-0.39, 0.29) is 17.8 Å². The second-order valence-electron chi connectivity index (χ2n) is 6.88. The summed E-state index contributed by atoms with van der Waals surface area (Å²) in [5, 5.41) is 0.444. The minimum Gasteiger partial charge on any atom is -0.466 e. The molecule has 1 aliphatic heterocycles. The molecule has 0 unspecified atom stereocenters. The van der Waals surface area contributed by atoms with E-state index < -0.39 is 0 Å². The molecule has 0 aliphatic carbocycles. The molecule has 1 aromatic carbocycles. The van der Waals surface area contributed by atoms with Gasteiger partial charge in [0.2, 0.25) is 5.89 Å². The number of halogens is 1. The minimum atomic E-state index is -0.175. The summed E-state index contributed by atoms with van der Waals surface area (Å²) >= 11 is 6.17. The Morgan fingerprint density at radius 3 is 2.79 bits per heavy atom. The molecule has 1 fully saturated rings. The van der Waals surface area contributed by atoms with Gasteiger partial charge in [0, 0.05) is 31.0 Å². The molecular weight excluding hydrogens is 394 g/mol. The third-order valence-corrected chi connectivity index (χ3v) is 5.34. The van der Waals surface area contributed by atoms with Crippen molar-refractivity contribution in [3.05, 3.63) is 47.2 Å². The Bertz CT molecular complexity index is 1060. The summed E-state index contributed by atoms with van der Waals surface area (Å²) in [7, 11) is 0. The van der Waals surface area contributed by atoms with Crippen LogP contribution in [-0.2, 0) is 9.53 Å². The number of rotatable bonds is 4. The maximum Gasteiger partial charge on any atom is 0.309 e.